The quantitative estimate of drug-likeness (QED) is 0.592. The number of rotatable bonds is 3. The summed E-state index contributed by atoms with van der Waals surface area (Å²) in [6.45, 7) is 4.96. The molecule has 0 aliphatic rings. The molecule has 148 valence electrons. The Morgan fingerprint density at radius 1 is 0.964 bits per heavy atom. The second kappa shape index (κ2) is 6.67. The van der Waals surface area contributed by atoms with Crippen molar-refractivity contribution >= 4 is 22.5 Å². The monoisotopic (exact) mass is 390 g/mol. The summed E-state index contributed by atoms with van der Waals surface area (Å²) in [5.41, 5.74) is -4.51. The van der Waals surface area contributed by atoms with Crippen molar-refractivity contribution in [3.63, 3.8) is 0 Å². The molecule has 1 atom stereocenters. The number of hydrogen-bond donors (Lipinski definition) is 3. The van der Waals surface area contributed by atoms with Gasteiger partial charge >= 0.3 is 6.18 Å². The van der Waals surface area contributed by atoms with Crippen LogP contribution < -0.4 is 5.32 Å². The van der Waals surface area contributed by atoms with Crippen molar-refractivity contribution in [1.29, 1.82) is 0 Å². The summed E-state index contributed by atoms with van der Waals surface area (Å²) in [7, 11) is 0. The lowest BCUT2D eigenvalue weighted by Crippen LogP contribution is -2.44. The number of nitrogens with one attached hydrogen (secondary N) is 2. The normalized spacial score (nSPS) is 14.7. The molecule has 0 aliphatic carbocycles. The number of benzene rings is 2. The molecule has 7 heteroatoms. The van der Waals surface area contributed by atoms with Gasteiger partial charge in [-0.25, -0.2) is 0 Å². The first-order valence-corrected chi connectivity index (χ1v) is 8.73. The van der Waals surface area contributed by atoms with Gasteiger partial charge in [-0.1, -0.05) is 57.2 Å². The molecule has 1 unspecified atom stereocenters. The van der Waals surface area contributed by atoms with E-state index in [-0.39, 0.29) is 16.6 Å². The highest BCUT2D eigenvalue weighted by atomic mass is 19.4. The number of amides is 1. The number of aromatic amines is 1. The maximum atomic E-state index is 14.3. The van der Waals surface area contributed by atoms with E-state index in [9.17, 15) is 23.1 Å². The number of fused-ring (bicyclic) bond motifs is 1. The Labute approximate surface area is 160 Å². The molecular formula is C21H21F3N2O2. The summed E-state index contributed by atoms with van der Waals surface area (Å²) in [5, 5.41) is 13.9. The average molecular weight is 390 g/mol. The van der Waals surface area contributed by atoms with Gasteiger partial charge in [0.1, 0.15) is 0 Å². The van der Waals surface area contributed by atoms with Crippen molar-refractivity contribution in [2.75, 3.05) is 5.32 Å². The summed E-state index contributed by atoms with van der Waals surface area (Å²) >= 11 is 0. The van der Waals surface area contributed by atoms with Crippen LogP contribution in [0.25, 0.3) is 10.9 Å². The number of anilines is 1. The smallest absolute Gasteiger partial charge is 0.372 e. The van der Waals surface area contributed by atoms with Gasteiger partial charge in [-0.2, -0.15) is 13.2 Å². The molecule has 28 heavy (non-hydrogen) atoms. The van der Waals surface area contributed by atoms with Crippen molar-refractivity contribution in [2.24, 2.45) is 5.41 Å². The molecule has 0 spiro atoms. The third kappa shape index (κ3) is 3.26. The van der Waals surface area contributed by atoms with Gasteiger partial charge in [0.25, 0.3) is 0 Å². The van der Waals surface area contributed by atoms with Crippen LogP contribution in [0.4, 0.5) is 18.9 Å². The first-order chi connectivity index (χ1) is 13.0. The van der Waals surface area contributed by atoms with Gasteiger partial charge < -0.3 is 15.4 Å². The summed E-state index contributed by atoms with van der Waals surface area (Å²) in [6.07, 6.45) is -3.87. The Bertz CT molecular complexity index is 1020. The molecule has 1 amide bonds. The van der Waals surface area contributed by atoms with E-state index in [1.165, 1.54) is 30.3 Å². The standard InChI is InChI=1S/C21H21F3N2O2/c1-19(2,3)18(27)26-17-11-7-5-9-14(17)20(28,21(22,23)24)15-12-25-16-10-6-4-8-13(15)16/h4-12,25,28H,1-3H3,(H,26,27). The molecule has 3 N–H and O–H groups in total. The Hall–Kier alpha value is -2.80. The lowest BCUT2D eigenvalue weighted by Gasteiger charge is -2.33. The summed E-state index contributed by atoms with van der Waals surface area (Å²) in [4.78, 5) is 15.2. The average Bonchev–Trinajstić information content (AvgIpc) is 3.04. The van der Waals surface area contributed by atoms with E-state index in [0.29, 0.717) is 5.52 Å². The van der Waals surface area contributed by atoms with E-state index in [1.807, 2.05) is 0 Å². The number of aliphatic hydroxyl groups is 1. The molecule has 0 saturated heterocycles. The maximum Gasteiger partial charge on any atom is 0.425 e. The van der Waals surface area contributed by atoms with Crippen LogP contribution in [0, 0.1) is 5.41 Å². The highest BCUT2D eigenvalue weighted by Gasteiger charge is 2.58. The number of alkyl halides is 3. The molecule has 3 rings (SSSR count). The fraction of sp³-hybridized carbons (Fsp3) is 0.286. The van der Waals surface area contributed by atoms with Crippen LogP contribution >= 0.6 is 0 Å². The summed E-state index contributed by atoms with van der Waals surface area (Å²) in [5.74, 6) is -0.455. The zero-order chi connectivity index (χ0) is 20.7. The van der Waals surface area contributed by atoms with Crippen molar-refractivity contribution in [2.45, 2.75) is 32.5 Å². The molecule has 0 fully saturated rings. The van der Waals surface area contributed by atoms with Gasteiger partial charge in [-0.3, -0.25) is 4.79 Å². The molecule has 0 aliphatic heterocycles. The minimum Gasteiger partial charge on any atom is -0.372 e. The molecule has 1 aromatic heterocycles. The molecular weight excluding hydrogens is 369 g/mol. The molecule has 0 bridgehead atoms. The second-order valence-corrected chi connectivity index (χ2v) is 7.71. The highest BCUT2D eigenvalue weighted by molar-refractivity contribution is 5.95. The molecule has 2 aromatic carbocycles. The predicted molar refractivity (Wildman–Crippen MR) is 102 cm³/mol. The first kappa shape index (κ1) is 19.9. The largest absolute Gasteiger partial charge is 0.425 e. The van der Waals surface area contributed by atoms with Crippen LogP contribution in [-0.4, -0.2) is 22.2 Å². The number of para-hydroxylation sites is 2. The van der Waals surface area contributed by atoms with Gasteiger partial charge in [0.2, 0.25) is 11.5 Å². The van der Waals surface area contributed by atoms with Gasteiger partial charge in [-0.05, 0) is 12.1 Å². The van der Waals surface area contributed by atoms with Crippen LogP contribution in [0.3, 0.4) is 0 Å². The highest BCUT2D eigenvalue weighted by Crippen LogP contribution is 2.48. The van der Waals surface area contributed by atoms with Crippen molar-refractivity contribution in [3.8, 4) is 0 Å². The minimum absolute atomic E-state index is 0.0902. The minimum atomic E-state index is -5.03. The molecule has 0 saturated carbocycles. The van der Waals surface area contributed by atoms with E-state index >= 15 is 0 Å². The number of carbonyl (C=O) groups is 1. The Morgan fingerprint density at radius 2 is 1.57 bits per heavy atom. The number of aromatic nitrogens is 1. The zero-order valence-electron chi connectivity index (χ0n) is 15.7. The molecule has 4 nitrogen and oxygen atoms in total. The van der Waals surface area contributed by atoms with Gasteiger partial charge in [-0.15, -0.1) is 0 Å². The molecule has 3 aromatic rings. The number of carbonyl (C=O) groups excluding carboxylic acids is 1. The topological polar surface area (TPSA) is 65.1 Å². The number of hydrogen-bond acceptors (Lipinski definition) is 2. The number of H-pyrrole nitrogens is 1. The van der Waals surface area contributed by atoms with E-state index in [4.69, 9.17) is 0 Å². The fourth-order valence-corrected chi connectivity index (χ4v) is 3.04. The van der Waals surface area contributed by atoms with E-state index in [0.717, 1.165) is 6.20 Å². The number of halogens is 3. The van der Waals surface area contributed by atoms with Crippen molar-refractivity contribution in [1.82, 2.24) is 4.98 Å². The van der Waals surface area contributed by atoms with Gasteiger partial charge in [0.15, 0.2) is 0 Å². The van der Waals surface area contributed by atoms with Gasteiger partial charge in [0, 0.05) is 39.3 Å². The van der Waals surface area contributed by atoms with Crippen LogP contribution in [0.15, 0.2) is 54.7 Å². The third-order valence-electron chi connectivity index (χ3n) is 4.64. The van der Waals surface area contributed by atoms with Crippen LogP contribution in [0.5, 0.6) is 0 Å². The summed E-state index contributed by atoms with van der Waals surface area (Å²) in [6, 6.07) is 11.9. The summed E-state index contributed by atoms with van der Waals surface area (Å²) < 4.78 is 42.8. The third-order valence-corrected chi connectivity index (χ3v) is 4.64. The Kier molecular flexibility index (Phi) is 4.75. The Morgan fingerprint density at radius 3 is 2.21 bits per heavy atom. The molecule has 1 heterocycles. The molecule has 0 radical (unpaired) electrons. The first-order valence-electron chi connectivity index (χ1n) is 8.73. The SMILES string of the molecule is CC(C)(C)C(=O)Nc1ccccc1C(O)(c1c[nH]c2ccccc12)C(F)(F)F. The lowest BCUT2D eigenvalue weighted by atomic mass is 9.84. The van der Waals surface area contributed by atoms with Crippen LogP contribution in [0.2, 0.25) is 0 Å². The van der Waals surface area contributed by atoms with E-state index < -0.39 is 28.7 Å². The van der Waals surface area contributed by atoms with Crippen LogP contribution in [-0.2, 0) is 10.4 Å². The van der Waals surface area contributed by atoms with Crippen LogP contribution in [0.1, 0.15) is 31.9 Å². The van der Waals surface area contributed by atoms with Crippen molar-refractivity contribution in [3.05, 3.63) is 65.9 Å². The Balaban J connectivity index is 2.24. The van der Waals surface area contributed by atoms with E-state index in [1.54, 1.807) is 39.0 Å². The lowest BCUT2D eigenvalue weighted by molar-refractivity contribution is -0.247. The predicted octanol–water partition coefficient (Wildman–Crippen LogP) is 4.95. The van der Waals surface area contributed by atoms with Crippen molar-refractivity contribution < 1.29 is 23.1 Å². The second-order valence-electron chi connectivity index (χ2n) is 7.71. The maximum absolute atomic E-state index is 14.3. The van der Waals surface area contributed by atoms with E-state index in [2.05, 4.69) is 10.3 Å². The zero-order valence-corrected chi connectivity index (χ0v) is 15.7. The fourth-order valence-electron chi connectivity index (χ4n) is 3.04. The van der Waals surface area contributed by atoms with Gasteiger partial charge in [0.05, 0.1) is 0 Å².